The predicted octanol–water partition coefficient (Wildman–Crippen LogP) is 1.83. The topological polar surface area (TPSA) is 78.4 Å². The van der Waals surface area contributed by atoms with Crippen molar-refractivity contribution in [2.45, 2.75) is 40.0 Å². The quantitative estimate of drug-likeness (QED) is 0.678. The Morgan fingerprint density at radius 3 is 2.28 bits per heavy atom. The van der Waals surface area contributed by atoms with Crippen LogP contribution >= 0.6 is 0 Å². The molecule has 18 heavy (non-hydrogen) atoms. The Morgan fingerprint density at radius 2 is 1.89 bits per heavy atom. The van der Waals surface area contributed by atoms with Crippen LogP contribution in [-0.4, -0.2) is 30.2 Å². The van der Waals surface area contributed by atoms with Gasteiger partial charge >= 0.3 is 12.0 Å². The molecule has 0 radical (unpaired) electrons. The Balaban J connectivity index is 2.25. The molecule has 0 spiro atoms. The normalized spacial score (nSPS) is 18.9. The molecule has 1 aliphatic carbocycles. The maximum absolute atomic E-state index is 11.6. The number of urea groups is 1. The lowest BCUT2D eigenvalue weighted by molar-refractivity contribution is -0.142. The molecule has 1 atom stereocenters. The van der Waals surface area contributed by atoms with Crippen molar-refractivity contribution in [3.05, 3.63) is 0 Å². The van der Waals surface area contributed by atoms with E-state index in [4.69, 9.17) is 5.11 Å². The fraction of sp³-hybridized carbons (Fsp3) is 0.846. The second kappa shape index (κ2) is 6.07. The van der Waals surface area contributed by atoms with Crippen molar-refractivity contribution in [3.8, 4) is 0 Å². The van der Waals surface area contributed by atoms with Crippen LogP contribution in [0, 0.1) is 17.3 Å². The molecule has 1 aliphatic rings. The first-order chi connectivity index (χ1) is 8.34. The zero-order chi connectivity index (χ0) is 13.8. The van der Waals surface area contributed by atoms with Gasteiger partial charge in [-0.3, -0.25) is 4.79 Å². The van der Waals surface area contributed by atoms with Crippen molar-refractivity contribution < 1.29 is 14.7 Å². The summed E-state index contributed by atoms with van der Waals surface area (Å²) in [5.74, 6) is -1.39. The molecular weight excluding hydrogens is 232 g/mol. The Labute approximate surface area is 108 Å². The summed E-state index contributed by atoms with van der Waals surface area (Å²) >= 11 is 0. The summed E-state index contributed by atoms with van der Waals surface area (Å²) in [7, 11) is 0. The average Bonchev–Trinajstić information content (AvgIpc) is 2.23. The first-order valence-electron chi connectivity index (χ1n) is 6.58. The Morgan fingerprint density at radius 1 is 1.28 bits per heavy atom. The average molecular weight is 256 g/mol. The number of nitrogens with one attached hydrogen (secondary N) is 2. The predicted molar refractivity (Wildman–Crippen MR) is 69.3 cm³/mol. The fourth-order valence-corrected chi connectivity index (χ4v) is 2.12. The number of amides is 2. The van der Waals surface area contributed by atoms with Crippen molar-refractivity contribution >= 4 is 12.0 Å². The van der Waals surface area contributed by atoms with Gasteiger partial charge in [0, 0.05) is 13.1 Å². The van der Waals surface area contributed by atoms with E-state index in [2.05, 4.69) is 17.6 Å². The number of hydrogen-bond acceptors (Lipinski definition) is 2. The molecule has 0 heterocycles. The molecule has 0 aromatic heterocycles. The van der Waals surface area contributed by atoms with Crippen LogP contribution in [0.15, 0.2) is 0 Å². The van der Waals surface area contributed by atoms with Crippen molar-refractivity contribution in [2.24, 2.45) is 17.3 Å². The maximum Gasteiger partial charge on any atom is 0.314 e. The highest BCUT2D eigenvalue weighted by molar-refractivity contribution is 5.76. The standard InChI is InChI=1S/C13H24N2O3/c1-9(2)10(11(16)17)7-14-12(18)15-8-13(3)5-4-6-13/h9-10H,4-8H2,1-3H3,(H,16,17)(H2,14,15,18). The summed E-state index contributed by atoms with van der Waals surface area (Å²) in [5, 5.41) is 14.4. The Kier molecular flexibility index (Phi) is 4.99. The summed E-state index contributed by atoms with van der Waals surface area (Å²) in [6.45, 7) is 6.68. The van der Waals surface area contributed by atoms with Gasteiger partial charge in [0.2, 0.25) is 0 Å². The van der Waals surface area contributed by atoms with Gasteiger partial charge in [0.1, 0.15) is 0 Å². The van der Waals surface area contributed by atoms with E-state index in [9.17, 15) is 9.59 Å². The van der Waals surface area contributed by atoms with Gasteiger partial charge in [0.05, 0.1) is 5.92 Å². The molecule has 1 saturated carbocycles. The lowest BCUT2D eigenvalue weighted by atomic mass is 9.70. The summed E-state index contributed by atoms with van der Waals surface area (Å²) in [5.41, 5.74) is 0.238. The Hall–Kier alpha value is -1.26. The van der Waals surface area contributed by atoms with E-state index >= 15 is 0 Å². The second-order valence-electron chi connectivity index (χ2n) is 5.92. The van der Waals surface area contributed by atoms with Crippen molar-refractivity contribution in [3.63, 3.8) is 0 Å². The van der Waals surface area contributed by atoms with Crippen LogP contribution in [0.4, 0.5) is 4.79 Å². The Bertz CT molecular complexity index is 311. The molecular formula is C13H24N2O3. The van der Waals surface area contributed by atoms with Crippen molar-refractivity contribution in [1.82, 2.24) is 10.6 Å². The number of hydrogen-bond donors (Lipinski definition) is 3. The van der Waals surface area contributed by atoms with E-state index < -0.39 is 11.9 Å². The summed E-state index contributed by atoms with van der Waals surface area (Å²) < 4.78 is 0. The highest BCUT2D eigenvalue weighted by Crippen LogP contribution is 2.39. The van der Waals surface area contributed by atoms with Crippen LogP contribution in [-0.2, 0) is 4.79 Å². The summed E-state index contributed by atoms with van der Waals surface area (Å²) in [4.78, 5) is 22.5. The summed E-state index contributed by atoms with van der Waals surface area (Å²) in [6.07, 6.45) is 3.53. The number of carboxylic acids is 1. The molecule has 0 aromatic carbocycles. The van der Waals surface area contributed by atoms with Gasteiger partial charge in [0.15, 0.2) is 0 Å². The number of carboxylic acid groups (broad SMARTS) is 1. The van der Waals surface area contributed by atoms with Gasteiger partial charge in [-0.25, -0.2) is 4.79 Å². The molecule has 5 nitrogen and oxygen atoms in total. The molecule has 1 rings (SSSR count). The van der Waals surface area contributed by atoms with Crippen LogP contribution in [0.5, 0.6) is 0 Å². The van der Waals surface area contributed by atoms with Gasteiger partial charge in [-0.05, 0) is 24.2 Å². The molecule has 2 amide bonds. The van der Waals surface area contributed by atoms with E-state index in [1.807, 2.05) is 13.8 Å². The third-order valence-electron chi connectivity index (χ3n) is 3.84. The minimum absolute atomic E-state index is 0.00643. The van der Waals surface area contributed by atoms with E-state index in [1.165, 1.54) is 6.42 Å². The van der Waals surface area contributed by atoms with Crippen LogP contribution in [0.2, 0.25) is 0 Å². The first-order valence-corrected chi connectivity index (χ1v) is 6.58. The summed E-state index contributed by atoms with van der Waals surface area (Å²) in [6, 6.07) is -0.268. The molecule has 0 aliphatic heterocycles. The molecule has 1 fully saturated rings. The molecule has 0 bridgehead atoms. The zero-order valence-corrected chi connectivity index (χ0v) is 11.5. The molecule has 1 unspecified atom stereocenters. The zero-order valence-electron chi connectivity index (χ0n) is 11.5. The lowest BCUT2D eigenvalue weighted by Crippen LogP contribution is -2.46. The third-order valence-corrected chi connectivity index (χ3v) is 3.84. The second-order valence-corrected chi connectivity index (χ2v) is 5.92. The van der Waals surface area contributed by atoms with E-state index in [0.717, 1.165) is 12.8 Å². The van der Waals surface area contributed by atoms with Gasteiger partial charge in [0.25, 0.3) is 0 Å². The smallest absolute Gasteiger partial charge is 0.314 e. The van der Waals surface area contributed by atoms with E-state index in [-0.39, 0.29) is 23.9 Å². The van der Waals surface area contributed by atoms with E-state index in [1.54, 1.807) is 0 Å². The monoisotopic (exact) mass is 256 g/mol. The number of aliphatic carboxylic acids is 1. The van der Waals surface area contributed by atoms with Crippen LogP contribution < -0.4 is 10.6 Å². The lowest BCUT2D eigenvalue weighted by Gasteiger charge is -2.38. The van der Waals surface area contributed by atoms with Gasteiger partial charge < -0.3 is 15.7 Å². The maximum atomic E-state index is 11.6. The van der Waals surface area contributed by atoms with Crippen molar-refractivity contribution in [1.29, 1.82) is 0 Å². The first kappa shape index (κ1) is 14.8. The van der Waals surface area contributed by atoms with Crippen LogP contribution in [0.1, 0.15) is 40.0 Å². The van der Waals surface area contributed by atoms with E-state index in [0.29, 0.717) is 6.54 Å². The fourth-order valence-electron chi connectivity index (χ4n) is 2.12. The van der Waals surface area contributed by atoms with Gasteiger partial charge in [-0.2, -0.15) is 0 Å². The minimum Gasteiger partial charge on any atom is -0.481 e. The number of rotatable bonds is 6. The van der Waals surface area contributed by atoms with Crippen LogP contribution in [0.25, 0.3) is 0 Å². The minimum atomic E-state index is -0.865. The highest BCUT2D eigenvalue weighted by atomic mass is 16.4. The molecule has 5 heteroatoms. The number of carbonyl (C=O) groups excluding carboxylic acids is 1. The molecule has 104 valence electrons. The van der Waals surface area contributed by atoms with Crippen LogP contribution in [0.3, 0.4) is 0 Å². The molecule has 0 aromatic rings. The largest absolute Gasteiger partial charge is 0.481 e. The number of carbonyl (C=O) groups is 2. The van der Waals surface area contributed by atoms with Gasteiger partial charge in [-0.1, -0.05) is 27.2 Å². The third kappa shape index (κ3) is 4.20. The SMILES string of the molecule is CC(C)C(CNC(=O)NCC1(C)CCC1)C(=O)O. The van der Waals surface area contributed by atoms with Gasteiger partial charge in [-0.15, -0.1) is 0 Å². The molecule has 0 saturated heterocycles. The molecule has 3 N–H and O–H groups in total. The van der Waals surface area contributed by atoms with Crippen molar-refractivity contribution in [2.75, 3.05) is 13.1 Å². The highest BCUT2D eigenvalue weighted by Gasteiger charge is 2.32.